The molecule has 0 aromatic carbocycles. The molecule has 1 radical (unpaired) electrons. The number of hydrogen-bond donors (Lipinski definition) is 2. The Bertz CT molecular complexity index is 10.4. The zero-order valence-electron chi connectivity index (χ0n) is 4.24. The van der Waals surface area contributed by atoms with Crippen LogP contribution < -0.4 is 74.3 Å². The van der Waals surface area contributed by atoms with Gasteiger partial charge in [0.1, 0.15) is 0 Å². The maximum absolute atomic E-state index is 0. The van der Waals surface area contributed by atoms with Crippen molar-refractivity contribution in [2.24, 2.45) is 0 Å². The molecule has 0 bridgehead atoms. The molecule has 2 nitrogen and oxygen atoms in total. The quantitative estimate of drug-likeness (QED) is 0.403. The van der Waals surface area contributed by atoms with Crippen molar-refractivity contribution < 1.29 is 81.8 Å². The van der Waals surface area contributed by atoms with E-state index in [0.29, 0.717) is 0 Å². The Hall–Kier alpha value is 2.01. The van der Waals surface area contributed by atoms with Gasteiger partial charge in [0, 0.05) is 0 Å². The molecule has 0 aromatic rings. The van der Waals surface area contributed by atoms with E-state index in [9.17, 15) is 0 Å². The van der Waals surface area contributed by atoms with Crippen LogP contribution in [0.25, 0.3) is 0 Å². The van der Waals surface area contributed by atoms with Crippen molar-refractivity contribution in [1.29, 1.82) is 0 Å². The van der Waals surface area contributed by atoms with Crippen molar-refractivity contribution in [2.75, 3.05) is 0 Å². The molecule has 8 N–H and O–H groups in total. The summed E-state index contributed by atoms with van der Waals surface area (Å²) in [6.07, 6.45) is 0. The zero-order valence-corrected chi connectivity index (χ0v) is 10.6. The molecule has 61 valence electrons. The van der Waals surface area contributed by atoms with Gasteiger partial charge in [-0.25, -0.2) is 0 Å². The summed E-state index contributed by atoms with van der Waals surface area (Å²) in [5, 5.41) is 0. The Morgan fingerprint density at radius 3 is 0.375 bits per heavy atom. The average Bonchev–Trinajstić information content (AvgIpc) is 0. The molecule has 0 fully saturated rings. The van der Waals surface area contributed by atoms with Crippen molar-refractivity contribution in [3.05, 3.63) is 0 Å². The fourth-order valence-electron chi connectivity index (χ4n) is 0. The number of rotatable bonds is 0. The minimum Gasteiger partial charge on any atom is -1.00 e. The Balaban J connectivity index is 0. The summed E-state index contributed by atoms with van der Waals surface area (Å²) in [6.45, 7) is 0. The van der Waals surface area contributed by atoms with E-state index >= 15 is 0 Å². The Morgan fingerprint density at radius 1 is 0.375 bits per heavy atom. The fourth-order valence-corrected chi connectivity index (χ4v) is 0. The second-order valence-corrected chi connectivity index (χ2v) is 0. The first kappa shape index (κ1) is 202. The van der Waals surface area contributed by atoms with Gasteiger partial charge < -0.3 is 74.3 Å². The van der Waals surface area contributed by atoms with Crippen LogP contribution in [0.15, 0.2) is 0 Å². The number of quaternary nitrogens is 2. The molecule has 0 saturated carbocycles. The molecule has 0 aliphatic heterocycles. The number of halogens is 5. The molecule has 0 aliphatic carbocycles. The first-order chi connectivity index (χ1) is 0. The van der Waals surface area contributed by atoms with Gasteiger partial charge in [0.05, 0.1) is 0 Å². The van der Waals surface area contributed by atoms with Gasteiger partial charge in [-0.2, -0.15) is 0 Å². The third-order valence-corrected chi connectivity index (χ3v) is 0. The van der Waals surface area contributed by atoms with Crippen LogP contribution in [0.2, 0.25) is 0 Å². The molecule has 0 atom stereocenters. The Kier molecular flexibility index (Phi) is 3610. The number of hydrogen-bond acceptors (Lipinski definition) is 0. The van der Waals surface area contributed by atoms with Crippen molar-refractivity contribution >= 4 is 0 Å². The van der Waals surface area contributed by atoms with Crippen molar-refractivity contribution in [3.8, 4) is 0 Å². The summed E-state index contributed by atoms with van der Waals surface area (Å²) in [5.41, 5.74) is 0. The summed E-state index contributed by atoms with van der Waals surface area (Å²) in [7, 11) is 0. The largest absolute Gasteiger partial charge is 3.00 e. The molecule has 0 aliphatic rings. The van der Waals surface area contributed by atoms with Crippen molar-refractivity contribution in [1.82, 2.24) is 12.3 Å². The topological polar surface area (TPSA) is 73.0 Å². The Labute approximate surface area is 93.6 Å². The summed E-state index contributed by atoms with van der Waals surface area (Å²) in [5.74, 6) is 0. The van der Waals surface area contributed by atoms with Crippen molar-refractivity contribution in [2.45, 2.75) is 0 Å². The van der Waals surface area contributed by atoms with E-state index in [1.54, 1.807) is 0 Å². The van der Waals surface area contributed by atoms with Crippen LogP contribution >= 0.6 is 0 Å². The van der Waals surface area contributed by atoms with Gasteiger partial charge in [-0.15, -0.1) is 0 Å². The molecular formula is H8Cl5N2Os. The first-order valence-corrected chi connectivity index (χ1v) is 0. The molecule has 0 spiro atoms. The van der Waals surface area contributed by atoms with Gasteiger partial charge in [-0.05, 0) is 0 Å². The van der Waals surface area contributed by atoms with E-state index in [1.165, 1.54) is 0 Å². The smallest absolute Gasteiger partial charge is 1.00 e. The summed E-state index contributed by atoms with van der Waals surface area (Å²) >= 11 is 0. The van der Waals surface area contributed by atoms with E-state index in [1.807, 2.05) is 0 Å². The molecule has 0 amide bonds. The van der Waals surface area contributed by atoms with Crippen LogP contribution in [0.3, 0.4) is 0 Å². The van der Waals surface area contributed by atoms with E-state index in [-0.39, 0.29) is 94.1 Å². The standard InChI is InChI=1S/5ClH.2H3N.Os/h5*1H;2*1H3;/q;;;;;;;+3/p-3. The second kappa shape index (κ2) is 143. The SMILES string of the molecule is [Cl-].[Cl-].[Cl-].[Cl-].[Cl-].[NH4+].[NH4+].[Os+3]. The summed E-state index contributed by atoms with van der Waals surface area (Å²) in [6, 6.07) is 0. The monoisotopic (exact) mass is 403 g/mol. The predicted octanol–water partition coefficient (Wildman–Crippen LogP) is -14.2. The van der Waals surface area contributed by atoms with Crippen LogP contribution in [0.1, 0.15) is 0 Å². The molecule has 0 saturated heterocycles. The van der Waals surface area contributed by atoms with Crippen LogP contribution in [-0.2, 0) is 19.8 Å². The van der Waals surface area contributed by atoms with E-state index in [2.05, 4.69) is 0 Å². The third kappa shape index (κ3) is 97.6. The molecule has 8 heavy (non-hydrogen) atoms. The average molecular weight is 404 g/mol. The van der Waals surface area contributed by atoms with Gasteiger partial charge in [0.2, 0.25) is 0 Å². The first-order valence-electron chi connectivity index (χ1n) is 0. The van der Waals surface area contributed by atoms with Crippen LogP contribution in [0.4, 0.5) is 0 Å². The third-order valence-electron chi connectivity index (χ3n) is 0. The second-order valence-electron chi connectivity index (χ2n) is 0. The zero-order chi connectivity index (χ0) is 0. The summed E-state index contributed by atoms with van der Waals surface area (Å²) in [4.78, 5) is 0. The fraction of sp³-hybridized carbons (Fsp3) is 0. The minimum atomic E-state index is 0. The maximum atomic E-state index is 0. The molecule has 0 heterocycles. The maximum Gasteiger partial charge on any atom is 3.00 e. The normalized spacial score (nSPS) is 0. The van der Waals surface area contributed by atoms with Crippen LogP contribution in [-0.4, -0.2) is 0 Å². The predicted molar refractivity (Wildman–Crippen MR) is 12.0 cm³/mol. The van der Waals surface area contributed by atoms with E-state index < -0.39 is 0 Å². The summed E-state index contributed by atoms with van der Waals surface area (Å²) < 4.78 is 0. The van der Waals surface area contributed by atoms with E-state index in [0.717, 1.165) is 0 Å². The molecule has 0 aromatic heterocycles. The molecule has 0 rings (SSSR count). The van der Waals surface area contributed by atoms with Gasteiger partial charge >= 0.3 is 19.8 Å². The van der Waals surface area contributed by atoms with E-state index in [4.69, 9.17) is 0 Å². The van der Waals surface area contributed by atoms with Crippen LogP contribution in [0.5, 0.6) is 0 Å². The van der Waals surface area contributed by atoms with Crippen molar-refractivity contribution in [3.63, 3.8) is 0 Å². The van der Waals surface area contributed by atoms with Gasteiger partial charge in [-0.3, -0.25) is 0 Å². The van der Waals surface area contributed by atoms with Gasteiger partial charge in [0.15, 0.2) is 0 Å². The molecular weight excluding hydrogens is 396 g/mol. The molecule has 0 unspecified atom stereocenters. The van der Waals surface area contributed by atoms with Crippen LogP contribution in [0, 0.1) is 0 Å². The molecule has 8 heteroatoms. The van der Waals surface area contributed by atoms with Gasteiger partial charge in [0.25, 0.3) is 0 Å². The minimum absolute atomic E-state index is 0. The Morgan fingerprint density at radius 2 is 0.375 bits per heavy atom. The van der Waals surface area contributed by atoms with Gasteiger partial charge in [-0.1, -0.05) is 0 Å².